The largest absolute Gasteiger partial charge is 0.385 e. The first-order valence-electron chi connectivity index (χ1n) is 5.48. The van der Waals surface area contributed by atoms with Crippen LogP contribution in [0.3, 0.4) is 0 Å². The third-order valence-electron chi connectivity index (χ3n) is 1.90. The molecule has 0 aliphatic heterocycles. The molecule has 16 heavy (non-hydrogen) atoms. The Hall–Kier alpha value is -0.170. The molecule has 0 aromatic carbocycles. The van der Waals surface area contributed by atoms with Crippen molar-refractivity contribution in [1.82, 2.24) is 0 Å². The van der Waals surface area contributed by atoms with E-state index < -0.39 is 16.1 Å². The van der Waals surface area contributed by atoms with Crippen molar-refractivity contribution in [1.29, 1.82) is 0 Å². The first-order chi connectivity index (χ1) is 7.55. The quantitative estimate of drug-likeness (QED) is 0.427. The lowest BCUT2D eigenvalue weighted by Crippen LogP contribution is -2.28. The van der Waals surface area contributed by atoms with Gasteiger partial charge in [-0.3, -0.25) is 0 Å². The average molecular weight is 254 g/mol. The highest BCUT2D eigenvalue weighted by Gasteiger charge is 2.19. The smallest absolute Gasteiger partial charge is 0.171 e. The highest BCUT2D eigenvalue weighted by atomic mass is 32.2. The Kier molecular flexibility index (Phi) is 8.83. The van der Waals surface area contributed by atoms with Crippen LogP contribution in [-0.4, -0.2) is 53.1 Å². The molecule has 0 saturated heterocycles. The van der Waals surface area contributed by atoms with Crippen molar-refractivity contribution in [2.75, 3.05) is 38.4 Å². The van der Waals surface area contributed by atoms with E-state index in [2.05, 4.69) is 0 Å². The van der Waals surface area contributed by atoms with Crippen molar-refractivity contribution in [3.8, 4) is 0 Å². The molecule has 0 spiro atoms. The summed E-state index contributed by atoms with van der Waals surface area (Å²) < 4.78 is 38.5. The highest BCUT2D eigenvalue weighted by Crippen LogP contribution is 2.03. The normalized spacial score (nSPS) is 12.2. The maximum absolute atomic E-state index is 11.6. The fourth-order valence-electron chi connectivity index (χ4n) is 1.23. The average Bonchev–Trinajstić information content (AvgIpc) is 2.18. The van der Waals surface area contributed by atoms with Gasteiger partial charge < -0.3 is 14.2 Å². The molecular weight excluding hydrogens is 232 g/mol. The van der Waals surface area contributed by atoms with E-state index in [1.54, 1.807) is 7.11 Å². The molecule has 0 bridgehead atoms. The summed E-state index contributed by atoms with van der Waals surface area (Å²) in [5.41, 5.74) is 0. The summed E-state index contributed by atoms with van der Waals surface area (Å²) in [6.07, 6.45) is -0.147. The van der Waals surface area contributed by atoms with E-state index in [-0.39, 0.29) is 11.5 Å². The van der Waals surface area contributed by atoms with E-state index in [4.69, 9.17) is 14.2 Å². The lowest BCUT2D eigenvalue weighted by atomic mass is 10.5. The van der Waals surface area contributed by atoms with Gasteiger partial charge in [0.1, 0.15) is 5.75 Å². The highest BCUT2D eigenvalue weighted by molar-refractivity contribution is 7.91. The van der Waals surface area contributed by atoms with Crippen LogP contribution in [-0.2, 0) is 24.0 Å². The molecule has 98 valence electrons. The van der Waals surface area contributed by atoms with Crippen LogP contribution < -0.4 is 0 Å². The Bertz CT molecular complexity index is 244. The maximum atomic E-state index is 11.6. The molecule has 0 amide bonds. The van der Waals surface area contributed by atoms with E-state index in [0.29, 0.717) is 26.2 Å². The molecule has 0 atom stereocenters. The number of methoxy groups -OCH3 is 1. The number of ether oxygens (including phenoxy) is 3. The number of sulfone groups is 1. The Morgan fingerprint density at radius 3 is 2.12 bits per heavy atom. The van der Waals surface area contributed by atoms with Crippen molar-refractivity contribution in [2.24, 2.45) is 0 Å². The van der Waals surface area contributed by atoms with Crippen LogP contribution in [0.1, 0.15) is 20.3 Å². The predicted molar refractivity (Wildman–Crippen MR) is 62.2 cm³/mol. The Balaban J connectivity index is 4.08. The van der Waals surface area contributed by atoms with Gasteiger partial charge in [-0.05, 0) is 20.3 Å². The van der Waals surface area contributed by atoms with Crippen LogP contribution in [0.2, 0.25) is 0 Å². The van der Waals surface area contributed by atoms with Gasteiger partial charge in [-0.25, -0.2) is 8.42 Å². The van der Waals surface area contributed by atoms with Crippen LogP contribution in [0.5, 0.6) is 0 Å². The summed E-state index contributed by atoms with van der Waals surface area (Å²) in [5, 5.41) is 0. The predicted octanol–water partition coefficient (Wildman–Crippen LogP) is 0.837. The van der Waals surface area contributed by atoms with Crippen LogP contribution in [0.4, 0.5) is 0 Å². The maximum Gasteiger partial charge on any atom is 0.171 e. The molecule has 0 rings (SSSR count). The van der Waals surface area contributed by atoms with Gasteiger partial charge in [0.2, 0.25) is 0 Å². The zero-order valence-electron chi connectivity index (χ0n) is 10.3. The van der Waals surface area contributed by atoms with Crippen molar-refractivity contribution in [3.05, 3.63) is 0 Å². The van der Waals surface area contributed by atoms with E-state index in [1.165, 1.54) is 0 Å². The fraction of sp³-hybridized carbons (Fsp3) is 1.00. The molecule has 0 aliphatic carbocycles. The molecule has 0 aliphatic rings. The van der Waals surface area contributed by atoms with Crippen LogP contribution in [0.15, 0.2) is 0 Å². The zero-order chi connectivity index (χ0) is 12.4. The second-order valence-corrected chi connectivity index (χ2v) is 5.53. The minimum Gasteiger partial charge on any atom is -0.385 e. The minimum absolute atomic E-state index is 0.0849. The molecule has 0 saturated carbocycles. The van der Waals surface area contributed by atoms with E-state index in [1.807, 2.05) is 13.8 Å². The minimum atomic E-state index is -3.13. The monoisotopic (exact) mass is 254 g/mol. The third-order valence-corrected chi connectivity index (χ3v) is 3.59. The molecule has 5 nitrogen and oxygen atoms in total. The van der Waals surface area contributed by atoms with Crippen LogP contribution in [0.25, 0.3) is 0 Å². The van der Waals surface area contributed by atoms with Crippen LogP contribution in [0, 0.1) is 0 Å². The lowest BCUT2D eigenvalue weighted by molar-refractivity contribution is -0.120. The van der Waals surface area contributed by atoms with E-state index >= 15 is 0 Å². The van der Waals surface area contributed by atoms with Gasteiger partial charge in [0.05, 0.1) is 5.75 Å². The van der Waals surface area contributed by atoms with Crippen molar-refractivity contribution in [3.63, 3.8) is 0 Å². The number of rotatable bonds is 10. The zero-order valence-corrected chi connectivity index (χ0v) is 11.1. The molecule has 0 fully saturated rings. The van der Waals surface area contributed by atoms with Gasteiger partial charge in [0.15, 0.2) is 16.1 Å². The Morgan fingerprint density at radius 1 is 1.12 bits per heavy atom. The summed E-state index contributed by atoms with van der Waals surface area (Å²) in [6.45, 7) is 4.96. The van der Waals surface area contributed by atoms with Gasteiger partial charge in [-0.15, -0.1) is 0 Å². The van der Waals surface area contributed by atoms with Crippen molar-refractivity contribution in [2.45, 2.75) is 26.6 Å². The van der Waals surface area contributed by atoms with Crippen molar-refractivity contribution < 1.29 is 22.6 Å². The SMILES string of the molecule is CCOC(CS(=O)(=O)CCCOC)OCC. The second-order valence-electron chi connectivity index (χ2n) is 3.30. The summed E-state index contributed by atoms with van der Waals surface area (Å²) in [6, 6.07) is 0. The first-order valence-corrected chi connectivity index (χ1v) is 7.30. The topological polar surface area (TPSA) is 61.8 Å². The summed E-state index contributed by atoms with van der Waals surface area (Å²) in [7, 11) is -1.58. The van der Waals surface area contributed by atoms with Gasteiger partial charge in [0.25, 0.3) is 0 Å². The molecule has 0 heterocycles. The molecule has 6 heteroatoms. The lowest BCUT2D eigenvalue weighted by Gasteiger charge is -2.16. The van der Waals surface area contributed by atoms with Crippen molar-refractivity contribution >= 4 is 9.84 Å². The van der Waals surface area contributed by atoms with Gasteiger partial charge >= 0.3 is 0 Å². The van der Waals surface area contributed by atoms with Crippen LogP contribution >= 0.6 is 0 Å². The van der Waals surface area contributed by atoms with E-state index in [9.17, 15) is 8.42 Å². The first kappa shape index (κ1) is 15.8. The van der Waals surface area contributed by atoms with Gasteiger partial charge in [-0.1, -0.05) is 0 Å². The number of hydrogen-bond acceptors (Lipinski definition) is 5. The number of hydrogen-bond donors (Lipinski definition) is 0. The summed E-state index contributed by atoms with van der Waals surface area (Å²) in [5.74, 6) is 0.0237. The molecule has 0 unspecified atom stereocenters. The molecule has 0 aromatic rings. The fourth-order valence-corrected chi connectivity index (χ4v) is 2.56. The third kappa shape index (κ3) is 8.04. The van der Waals surface area contributed by atoms with E-state index in [0.717, 1.165) is 0 Å². The Morgan fingerprint density at radius 2 is 1.69 bits per heavy atom. The standard InChI is InChI=1S/C10H22O5S/c1-4-14-10(15-5-2)9-16(11,12)8-6-7-13-3/h10H,4-9H2,1-3H3. The molecular formula is C10H22O5S. The Labute approximate surface area is 98.0 Å². The molecule has 0 N–H and O–H groups in total. The summed E-state index contributed by atoms with van der Waals surface area (Å²) in [4.78, 5) is 0. The van der Waals surface area contributed by atoms with Gasteiger partial charge in [-0.2, -0.15) is 0 Å². The van der Waals surface area contributed by atoms with Gasteiger partial charge in [0, 0.05) is 26.9 Å². The molecule has 0 radical (unpaired) electrons. The second kappa shape index (κ2) is 8.92. The molecule has 0 aromatic heterocycles. The summed E-state index contributed by atoms with van der Waals surface area (Å²) >= 11 is 0.